The third kappa shape index (κ3) is 4.03. The quantitative estimate of drug-likeness (QED) is 0.440. The standard InChI is InChI=1S/C14H18N6O4/c1-3-4-7-19-13(16-17-18-19)9-24-14(21)10-5-6-11(15-2)12(8-10)20(22)23/h5-6,8,15H,3-4,7,9H2,1-2H3. The lowest BCUT2D eigenvalue weighted by molar-refractivity contribution is -0.384. The number of nitro groups is 1. The van der Waals surface area contributed by atoms with Crippen LogP contribution in [0.25, 0.3) is 0 Å². The van der Waals surface area contributed by atoms with Crippen LogP contribution in [0.15, 0.2) is 18.2 Å². The summed E-state index contributed by atoms with van der Waals surface area (Å²) >= 11 is 0. The largest absolute Gasteiger partial charge is 0.454 e. The van der Waals surface area contributed by atoms with E-state index < -0.39 is 10.9 Å². The molecule has 0 radical (unpaired) electrons. The monoisotopic (exact) mass is 334 g/mol. The van der Waals surface area contributed by atoms with Gasteiger partial charge in [0.25, 0.3) is 5.69 Å². The van der Waals surface area contributed by atoms with Gasteiger partial charge in [0.15, 0.2) is 12.4 Å². The number of hydrogen-bond donors (Lipinski definition) is 1. The highest BCUT2D eigenvalue weighted by Gasteiger charge is 2.18. The highest BCUT2D eigenvalue weighted by Crippen LogP contribution is 2.25. The van der Waals surface area contributed by atoms with Crippen molar-refractivity contribution in [3.8, 4) is 0 Å². The number of nitro benzene ring substituents is 1. The number of carbonyl (C=O) groups excluding carboxylic acids is 1. The SMILES string of the molecule is CCCCn1nnnc1COC(=O)c1ccc(NC)c([N+](=O)[O-])c1. The van der Waals surface area contributed by atoms with E-state index >= 15 is 0 Å². The van der Waals surface area contributed by atoms with E-state index in [1.807, 2.05) is 6.92 Å². The van der Waals surface area contributed by atoms with Crippen molar-refractivity contribution in [2.45, 2.75) is 32.9 Å². The molecule has 128 valence electrons. The van der Waals surface area contributed by atoms with Gasteiger partial charge in [-0.15, -0.1) is 5.10 Å². The van der Waals surface area contributed by atoms with Gasteiger partial charge in [-0.2, -0.15) is 0 Å². The summed E-state index contributed by atoms with van der Waals surface area (Å²) in [4.78, 5) is 22.6. The smallest absolute Gasteiger partial charge is 0.338 e. The Morgan fingerprint density at radius 3 is 2.92 bits per heavy atom. The fourth-order valence-corrected chi connectivity index (χ4v) is 2.04. The van der Waals surface area contributed by atoms with Crippen LogP contribution in [0.1, 0.15) is 35.9 Å². The van der Waals surface area contributed by atoms with Gasteiger partial charge in [0, 0.05) is 19.7 Å². The van der Waals surface area contributed by atoms with Crippen molar-refractivity contribution < 1.29 is 14.5 Å². The maximum absolute atomic E-state index is 12.1. The summed E-state index contributed by atoms with van der Waals surface area (Å²) in [6.07, 6.45) is 1.89. The Bertz CT molecular complexity index is 730. The molecule has 2 aromatic rings. The molecule has 1 heterocycles. The first-order valence-electron chi connectivity index (χ1n) is 7.45. The topological polar surface area (TPSA) is 125 Å². The van der Waals surface area contributed by atoms with E-state index in [0.717, 1.165) is 12.8 Å². The van der Waals surface area contributed by atoms with E-state index in [1.165, 1.54) is 18.2 Å². The Kier molecular flexibility index (Phi) is 5.77. The molecule has 0 spiro atoms. The molecule has 0 aliphatic heterocycles. The zero-order valence-electron chi connectivity index (χ0n) is 13.4. The van der Waals surface area contributed by atoms with Crippen LogP contribution in [-0.2, 0) is 17.9 Å². The second-order valence-electron chi connectivity index (χ2n) is 4.99. The Morgan fingerprint density at radius 2 is 2.25 bits per heavy atom. The van der Waals surface area contributed by atoms with Crippen LogP contribution in [0.5, 0.6) is 0 Å². The maximum atomic E-state index is 12.1. The fourth-order valence-electron chi connectivity index (χ4n) is 2.04. The van der Waals surface area contributed by atoms with Gasteiger partial charge in [-0.25, -0.2) is 9.48 Å². The molecular formula is C14H18N6O4. The zero-order valence-corrected chi connectivity index (χ0v) is 13.4. The fraction of sp³-hybridized carbons (Fsp3) is 0.429. The van der Waals surface area contributed by atoms with Gasteiger partial charge in [0.05, 0.1) is 10.5 Å². The van der Waals surface area contributed by atoms with Crippen LogP contribution < -0.4 is 5.32 Å². The number of aryl methyl sites for hydroxylation is 1. The Balaban J connectivity index is 2.06. The van der Waals surface area contributed by atoms with Crippen molar-refractivity contribution >= 4 is 17.3 Å². The number of nitrogens with one attached hydrogen (secondary N) is 1. The normalized spacial score (nSPS) is 10.4. The van der Waals surface area contributed by atoms with Crippen molar-refractivity contribution in [2.75, 3.05) is 12.4 Å². The number of unbranched alkanes of at least 4 members (excludes halogenated alkanes) is 1. The molecule has 24 heavy (non-hydrogen) atoms. The number of hydrogen-bond acceptors (Lipinski definition) is 8. The summed E-state index contributed by atoms with van der Waals surface area (Å²) in [6, 6.07) is 4.09. The first-order chi connectivity index (χ1) is 11.6. The number of tetrazole rings is 1. The summed E-state index contributed by atoms with van der Waals surface area (Å²) in [5.74, 6) is -0.246. The van der Waals surface area contributed by atoms with Gasteiger partial charge in [-0.3, -0.25) is 10.1 Å². The molecule has 1 aromatic heterocycles. The molecule has 0 saturated carbocycles. The molecular weight excluding hydrogens is 316 g/mol. The molecule has 0 atom stereocenters. The van der Waals surface area contributed by atoms with Crippen LogP contribution in [0.4, 0.5) is 11.4 Å². The van der Waals surface area contributed by atoms with Crippen LogP contribution in [-0.4, -0.2) is 38.1 Å². The van der Waals surface area contributed by atoms with Crippen LogP contribution in [0.2, 0.25) is 0 Å². The third-order valence-corrected chi connectivity index (χ3v) is 3.36. The summed E-state index contributed by atoms with van der Waals surface area (Å²) in [6.45, 7) is 2.58. The van der Waals surface area contributed by atoms with E-state index in [0.29, 0.717) is 18.1 Å². The van der Waals surface area contributed by atoms with Crippen LogP contribution in [0.3, 0.4) is 0 Å². The van der Waals surface area contributed by atoms with Gasteiger partial charge in [0.2, 0.25) is 0 Å². The Morgan fingerprint density at radius 1 is 1.46 bits per heavy atom. The lowest BCUT2D eigenvalue weighted by Gasteiger charge is -2.07. The minimum atomic E-state index is -0.675. The molecule has 0 aliphatic rings. The number of benzene rings is 1. The predicted molar refractivity (Wildman–Crippen MR) is 84.5 cm³/mol. The summed E-state index contributed by atoms with van der Waals surface area (Å²) in [7, 11) is 1.57. The lowest BCUT2D eigenvalue weighted by Crippen LogP contribution is -2.11. The number of anilines is 1. The van der Waals surface area contributed by atoms with Gasteiger partial charge in [-0.05, 0) is 29.0 Å². The van der Waals surface area contributed by atoms with Gasteiger partial charge < -0.3 is 10.1 Å². The summed E-state index contributed by atoms with van der Waals surface area (Å²) < 4.78 is 6.73. The number of carbonyl (C=O) groups is 1. The van der Waals surface area contributed by atoms with E-state index in [1.54, 1.807) is 11.7 Å². The van der Waals surface area contributed by atoms with E-state index in [9.17, 15) is 14.9 Å². The number of rotatable bonds is 8. The highest BCUT2D eigenvalue weighted by atomic mass is 16.6. The molecule has 0 bridgehead atoms. The average molecular weight is 334 g/mol. The Hall–Kier alpha value is -3.04. The van der Waals surface area contributed by atoms with Crippen molar-refractivity contribution in [2.24, 2.45) is 0 Å². The first-order valence-corrected chi connectivity index (χ1v) is 7.45. The van der Waals surface area contributed by atoms with E-state index in [-0.39, 0.29) is 17.9 Å². The second-order valence-corrected chi connectivity index (χ2v) is 4.99. The molecule has 0 unspecified atom stereocenters. The minimum absolute atomic E-state index is 0.0910. The van der Waals surface area contributed by atoms with Crippen molar-refractivity contribution in [1.82, 2.24) is 20.2 Å². The number of esters is 1. The molecule has 1 aromatic carbocycles. The van der Waals surface area contributed by atoms with Crippen LogP contribution in [0, 0.1) is 10.1 Å². The lowest BCUT2D eigenvalue weighted by atomic mass is 10.1. The third-order valence-electron chi connectivity index (χ3n) is 3.36. The molecule has 0 fully saturated rings. The molecule has 0 aliphatic carbocycles. The summed E-state index contributed by atoms with van der Waals surface area (Å²) in [5.41, 5.74) is 0.216. The average Bonchev–Trinajstić information content (AvgIpc) is 3.04. The maximum Gasteiger partial charge on any atom is 0.338 e. The molecule has 1 N–H and O–H groups in total. The number of aromatic nitrogens is 4. The van der Waals surface area contributed by atoms with Gasteiger partial charge >= 0.3 is 5.97 Å². The van der Waals surface area contributed by atoms with Gasteiger partial charge in [-0.1, -0.05) is 13.3 Å². The Labute approximate surface area is 138 Å². The van der Waals surface area contributed by atoms with Crippen molar-refractivity contribution in [3.05, 3.63) is 39.7 Å². The van der Waals surface area contributed by atoms with Gasteiger partial charge in [0.1, 0.15) is 5.69 Å². The molecule has 0 amide bonds. The molecule has 2 rings (SSSR count). The molecule has 10 nitrogen and oxygen atoms in total. The minimum Gasteiger partial charge on any atom is -0.454 e. The van der Waals surface area contributed by atoms with E-state index in [4.69, 9.17) is 4.74 Å². The highest BCUT2D eigenvalue weighted by molar-refractivity contribution is 5.91. The number of nitrogens with zero attached hydrogens (tertiary/aromatic N) is 5. The summed E-state index contributed by atoms with van der Waals surface area (Å²) in [5, 5.41) is 24.9. The van der Waals surface area contributed by atoms with E-state index in [2.05, 4.69) is 20.8 Å². The molecule has 0 saturated heterocycles. The van der Waals surface area contributed by atoms with Crippen molar-refractivity contribution in [3.63, 3.8) is 0 Å². The van der Waals surface area contributed by atoms with Crippen molar-refractivity contribution in [1.29, 1.82) is 0 Å². The zero-order chi connectivity index (χ0) is 17.5. The number of ether oxygens (including phenoxy) is 1. The predicted octanol–water partition coefficient (Wildman–Crippen LogP) is 1.78. The second kappa shape index (κ2) is 7.99. The van der Waals surface area contributed by atoms with Crippen LogP contribution >= 0.6 is 0 Å². The first kappa shape index (κ1) is 17.3. The molecule has 10 heteroatoms.